The average Bonchev–Trinajstić information content (AvgIpc) is 3.13. The highest BCUT2D eigenvalue weighted by Crippen LogP contribution is 2.23. The lowest BCUT2D eigenvalue weighted by Crippen LogP contribution is -2.23. The van der Waals surface area contributed by atoms with Crippen LogP contribution in [0.3, 0.4) is 0 Å². The van der Waals surface area contributed by atoms with Crippen molar-refractivity contribution in [1.29, 1.82) is 0 Å². The van der Waals surface area contributed by atoms with E-state index in [1.165, 1.54) is 0 Å². The molecule has 1 heterocycles. The summed E-state index contributed by atoms with van der Waals surface area (Å²) in [7, 11) is 1.61. The maximum absolute atomic E-state index is 12.6. The van der Waals surface area contributed by atoms with Crippen LogP contribution in [0.1, 0.15) is 35.2 Å². The zero-order chi connectivity index (χ0) is 19.2. The molecule has 1 saturated heterocycles. The van der Waals surface area contributed by atoms with Gasteiger partial charge in [0.2, 0.25) is 11.8 Å². The van der Waals surface area contributed by atoms with Gasteiger partial charge in [-0.05, 0) is 48.7 Å². The van der Waals surface area contributed by atoms with Gasteiger partial charge in [0.25, 0.3) is 5.91 Å². The van der Waals surface area contributed by atoms with Crippen LogP contribution in [0, 0.1) is 0 Å². The number of para-hydroxylation sites is 1. The van der Waals surface area contributed by atoms with Crippen LogP contribution >= 0.6 is 0 Å². The van der Waals surface area contributed by atoms with Gasteiger partial charge in [-0.2, -0.15) is 0 Å². The van der Waals surface area contributed by atoms with Gasteiger partial charge in [-0.3, -0.25) is 14.4 Å². The molecule has 2 aromatic carbocycles. The Morgan fingerprint density at radius 2 is 1.81 bits per heavy atom. The maximum atomic E-state index is 12.6. The van der Waals surface area contributed by atoms with E-state index >= 15 is 0 Å². The highest BCUT2D eigenvalue weighted by molar-refractivity contribution is 6.05. The second kappa shape index (κ2) is 8.49. The molecule has 1 aliphatic heterocycles. The molecule has 0 aliphatic carbocycles. The quantitative estimate of drug-likeness (QED) is 0.826. The van der Waals surface area contributed by atoms with Crippen molar-refractivity contribution in [2.24, 2.45) is 0 Å². The van der Waals surface area contributed by atoms with Crippen LogP contribution in [-0.2, 0) is 16.0 Å². The molecule has 6 heteroatoms. The molecule has 1 aliphatic rings. The van der Waals surface area contributed by atoms with E-state index in [1.54, 1.807) is 36.2 Å². The minimum Gasteiger partial charge on any atom is -0.359 e. The van der Waals surface area contributed by atoms with E-state index in [-0.39, 0.29) is 17.7 Å². The number of benzene rings is 2. The van der Waals surface area contributed by atoms with Crippen molar-refractivity contribution in [2.45, 2.75) is 25.7 Å². The van der Waals surface area contributed by atoms with E-state index in [0.717, 1.165) is 24.2 Å². The number of hydrogen-bond donors (Lipinski definition) is 2. The summed E-state index contributed by atoms with van der Waals surface area (Å²) in [5.41, 5.74) is 2.95. The fraction of sp³-hybridized carbons (Fsp3) is 0.286. The predicted molar refractivity (Wildman–Crippen MR) is 105 cm³/mol. The van der Waals surface area contributed by atoms with Gasteiger partial charge >= 0.3 is 0 Å². The van der Waals surface area contributed by atoms with Crippen LogP contribution in [-0.4, -0.2) is 31.3 Å². The van der Waals surface area contributed by atoms with Crippen LogP contribution < -0.4 is 15.5 Å². The summed E-state index contributed by atoms with van der Waals surface area (Å²) < 4.78 is 0. The molecule has 2 N–H and O–H groups in total. The molecule has 0 atom stereocenters. The van der Waals surface area contributed by atoms with Gasteiger partial charge in [0.1, 0.15) is 0 Å². The molecule has 3 rings (SSSR count). The van der Waals surface area contributed by atoms with Crippen LogP contribution in [0.25, 0.3) is 0 Å². The van der Waals surface area contributed by atoms with E-state index in [2.05, 4.69) is 10.6 Å². The third-order valence-electron chi connectivity index (χ3n) is 4.68. The number of anilines is 2. The molecular weight excluding hydrogens is 342 g/mol. The topological polar surface area (TPSA) is 78.5 Å². The van der Waals surface area contributed by atoms with Gasteiger partial charge < -0.3 is 15.5 Å². The lowest BCUT2D eigenvalue weighted by Gasteiger charge is -2.16. The number of carbonyl (C=O) groups excluding carboxylic acids is 3. The monoisotopic (exact) mass is 365 g/mol. The average molecular weight is 365 g/mol. The normalized spacial score (nSPS) is 13.5. The first-order valence-electron chi connectivity index (χ1n) is 9.09. The summed E-state index contributed by atoms with van der Waals surface area (Å²) in [6.45, 7) is 0.725. The number of aryl methyl sites for hydroxylation is 1. The Morgan fingerprint density at radius 3 is 2.48 bits per heavy atom. The lowest BCUT2D eigenvalue weighted by molar-refractivity contribution is -0.120. The zero-order valence-electron chi connectivity index (χ0n) is 15.3. The molecule has 6 nitrogen and oxygen atoms in total. The first kappa shape index (κ1) is 18.6. The highest BCUT2D eigenvalue weighted by Gasteiger charge is 2.21. The van der Waals surface area contributed by atoms with Crippen molar-refractivity contribution in [3.05, 3.63) is 59.7 Å². The summed E-state index contributed by atoms with van der Waals surface area (Å²) in [5, 5.41) is 5.51. The number of nitrogens with zero attached hydrogens (tertiary/aromatic N) is 1. The summed E-state index contributed by atoms with van der Waals surface area (Å²) in [6, 6.07) is 14.5. The zero-order valence-corrected chi connectivity index (χ0v) is 15.3. The van der Waals surface area contributed by atoms with Crippen molar-refractivity contribution >= 4 is 29.1 Å². The van der Waals surface area contributed by atoms with E-state index in [9.17, 15) is 14.4 Å². The first-order valence-corrected chi connectivity index (χ1v) is 9.09. The SMILES string of the molecule is CNC(=O)CCc1ccccc1NC(=O)c1ccc(N2CCCC2=O)cc1. The van der Waals surface area contributed by atoms with Crippen molar-refractivity contribution in [3.8, 4) is 0 Å². The fourth-order valence-electron chi connectivity index (χ4n) is 3.14. The van der Waals surface area contributed by atoms with Gasteiger partial charge in [0, 0.05) is 43.4 Å². The van der Waals surface area contributed by atoms with E-state index in [0.29, 0.717) is 30.5 Å². The summed E-state index contributed by atoms with van der Waals surface area (Å²) in [5.74, 6) is -0.137. The number of nitrogens with one attached hydrogen (secondary N) is 2. The van der Waals surface area contributed by atoms with Crippen molar-refractivity contribution in [3.63, 3.8) is 0 Å². The molecule has 0 radical (unpaired) electrons. The van der Waals surface area contributed by atoms with Crippen LogP contribution in [0.15, 0.2) is 48.5 Å². The van der Waals surface area contributed by atoms with Crippen LogP contribution in [0.5, 0.6) is 0 Å². The summed E-state index contributed by atoms with van der Waals surface area (Å²) >= 11 is 0. The molecule has 0 aromatic heterocycles. The van der Waals surface area contributed by atoms with Gasteiger partial charge in [0.15, 0.2) is 0 Å². The van der Waals surface area contributed by atoms with Crippen molar-refractivity contribution < 1.29 is 14.4 Å². The Balaban J connectivity index is 1.68. The lowest BCUT2D eigenvalue weighted by atomic mass is 10.1. The van der Waals surface area contributed by atoms with Crippen molar-refractivity contribution in [1.82, 2.24) is 5.32 Å². The molecule has 0 unspecified atom stereocenters. The minimum atomic E-state index is -0.221. The Kier molecular flexibility index (Phi) is 5.86. The highest BCUT2D eigenvalue weighted by atomic mass is 16.2. The smallest absolute Gasteiger partial charge is 0.255 e. The van der Waals surface area contributed by atoms with E-state index in [1.807, 2.05) is 24.3 Å². The summed E-state index contributed by atoms with van der Waals surface area (Å²) in [6.07, 6.45) is 2.36. The Bertz CT molecular complexity index is 846. The van der Waals surface area contributed by atoms with Gasteiger partial charge in [0.05, 0.1) is 0 Å². The van der Waals surface area contributed by atoms with E-state index in [4.69, 9.17) is 0 Å². The molecule has 2 aromatic rings. The molecular formula is C21H23N3O3. The molecule has 3 amide bonds. The van der Waals surface area contributed by atoms with Crippen molar-refractivity contribution in [2.75, 3.05) is 23.8 Å². The number of carbonyl (C=O) groups is 3. The molecule has 140 valence electrons. The Hall–Kier alpha value is -3.15. The third kappa shape index (κ3) is 4.53. The second-order valence-electron chi connectivity index (χ2n) is 6.48. The molecule has 1 fully saturated rings. The molecule has 0 saturated carbocycles. The molecule has 27 heavy (non-hydrogen) atoms. The largest absolute Gasteiger partial charge is 0.359 e. The molecule has 0 spiro atoms. The number of rotatable bonds is 6. The minimum absolute atomic E-state index is 0.0387. The van der Waals surface area contributed by atoms with E-state index < -0.39 is 0 Å². The fourth-order valence-corrected chi connectivity index (χ4v) is 3.14. The number of hydrogen-bond acceptors (Lipinski definition) is 3. The third-order valence-corrected chi connectivity index (χ3v) is 4.68. The van der Waals surface area contributed by atoms with Crippen LogP contribution in [0.2, 0.25) is 0 Å². The Morgan fingerprint density at radius 1 is 1.07 bits per heavy atom. The van der Waals surface area contributed by atoms with Gasteiger partial charge in [-0.25, -0.2) is 0 Å². The standard InChI is InChI=1S/C21H23N3O3/c1-22-19(25)13-10-15-5-2-3-6-18(15)23-21(27)16-8-11-17(12-9-16)24-14-4-7-20(24)26/h2-3,5-6,8-9,11-12H,4,7,10,13-14H2,1H3,(H,22,25)(H,23,27). The Labute approximate surface area is 158 Å². The summed E-state index contributed by atoms with van der Waals surface area (Å²) in [4.78, 5) is 37.6. The number of amides is 3. The van der Waals surface area contributed by atoms with Gasteiger partial charge in [-0.1, -0.05) is 18.2 Å². The van der Waals surface area contributed by atoms with Crippen LogP contribution in [0.4, 0.5) is 11.4 Å². The predicted octanol–water partition coefficient (Wildman–Crippen LogP) is 2.74. The second-order valence-corrected chi connectivity index (χ2v) is 6.48. The first-order chi connectivity index (χ1) is 13.1. The maximum Gasteiger partial charge on any atom is 0.255 e. The van der Waals surface area contributed by atoms with Gasteiger partial charge in [-0.15, -0.1) is 0 Å². The molecule has 0 bridgehead atoms.